The van der Waals surface area contributed by atoms with Gasteiger partial charge in [0.25, 0.3) is 0 Å². The van der Waals surface area contributed by atoms with E-state index in [2.05, 4.69) is 9.88 Å². The molecule has 2 rings (SSSR count). The van der Waals surface area contributed by atoms with Crippen molar-refractivity contribution in [3.8, 4) is 0 Å². The summed E-state index contributed by atoms with van der Waals surface area (Å²) in [6.07, 6.45) is 0. The normalized spacial score (nSPS) is 10.5. The summed E-state index contributed by atoms with van der Waals surface area (Å²) in [5.74, 6) is 0.464. The van der Waals surface area contributed by atoms with Crippen LogP contribution in [-0.2, 0) is 12.4 Å². The van der Waals surface area contributed by atoms with Crippen LogP contribution in [0.25, 0.3) is 0 Å². The molecule has 0 aliphatic rings. The fraction of sp³-hybridized carbons (Fsp3) is 0.250. The first-order valence-electron chi connectivity index (χ1n) is 5.15. The topological polar surface area (TPSA) is 16.1 Å². The van der Waals surface area contributed by atoms with Gasteiger partial charge in [-0.2, -0.15) is 0 Å². The number of benzene rings is 1. The van der Waals surface area contributed by atoms with E-state index in [1.54, 1.807) is 11.3 Å². The Bertz CT molecular complexity index is 482. The Morgan fingerprint density at radius 3 is 2.59 bits per heavy atom. The molecule has 90 valence electrons. The van der Waals surface area contributed by atoms with Crippen molar-refractivity contribution in [2.75, 3.05) is 11.9 Å². The summed E-state index contributed by atoms with van der Waals surface area (Å²) in [7, 11) is 2.02. The monoisotopic (exact) mass is 286 g/mol. The Hall–Kier alpha value is -0.770. The van der Waals surface area contributed by atoms with Crippen LogP contribution in [0.15, 0.2) is 29.6 Å². The molecule has 0 saturated heterocycles. The Kier molecular flexibility index (Phi) is 4.26. The van der Waals surface area contributed by atoms with Crippen LogP contribution in [-0.4, -0.2) is 12.0 Å². The first-order valence-corrected chi connectivity index (χ1v) is 6.94. The van der Waals surface area contributed by atoms with Gasteiger partial charge in [-0.3, -0.25) is 0 Å². The molecule has 0 fully saturated rings. The molecule has 0 atom stereocenters. The summed E-state index contributed by atoms with van der Waals surface area (Å²) in [6.45, 7) is 0.812. The molecule has 0 aliphatic heterocycles. The van der Waals surface area contributed by atoms with Gasteiger partial charge in [0, 0.05) is 24.0 Å². The molecule has 1 heterocycles. The van der Waals surface area contributed by atoms with Gasteiger partial charge in [-0.25, -0.2) is 4.98 Å². The molecule has 17 heavy (non-hydrogen) atoms. The zero-order chi connectivity index (χ0) is 12.3. The van der Waals surface area contributed by atoms with E-state index < -0.39 is 0 Å². The van der Waals surface area contributed by atoms with E-state index in [0.29, 0.717) is 5.88 Å². The van der Waals surface area contributed by atoms with E-state index in [-0.39, 0.29) is 0 Å². The number of nitrogens with zero attached hydrogens (tertiary/aromatic N) is 2. The van der Waals surface area contributed by atoms with E-state index in [9.17, 15) is 0 Å². The molecule has 0 bridgehead atoms. The van der Waals surface area contributed by atoms with Crippen molar-refractivity contribution in [3.63, 3.8) is 0 Å². The maximum Gasteiger partial charge on any atom is 0.185 e. The van der Waals surface area contributed by atoms with Crippen LogP contribution in [0.4, 0.5) is 5.13 Å². The standard InChI is InChI=1S/C12H12Cl2N2S/c1-16(12-15-11(6-13)8-17-12)7-9-2-4-10(14)5-3-9/h2-5,8H,6-7H2,1H3. The van der Waals surface area contributed by atoms with Crippen molar-refractivity contribution in [1.29, 1.82) is 0 Å². The Balaban J connectivity index is 2.05. The maximum atomic E-state index is 5.85. The van der Waals surface area contributed by atoms with Gasteiger partial charge in [0.15, 0.2) is 5.13 Å². The lowest BCUT2D eigenvalue weighted by Gasteiger charge is -2.15. The number of rotatable bonds is 4. The Labute approximate surface area is 115 Å². The fourth-order valence-electron chi connectivity index (χ4n) is 1.46. The number of halogens is 2. The molecular formula is C12H12Cl2N2S. The average molecular weight is 287 g/mol. The van der Waals surface area contributed by atoms with E-state index in [0.717, 1.165) is 22.4 Å². The third kappa shape index (κ3) is 3.35. The van der Waals surface area contributed by atoms with Gasteiger partial charge in [-0.15, -0.1) is 22.9 Å². The molecule has 5 heteroatoms. The van der Waals surface area contributed by atoms with Gasteiger partial charge in [0.1, 0.15) is 0 Å². The summed E-state index contributed by atoms with van der Waals surface area (Å²) < 4.78 is 0. The predicted molar refractivity (Wildman–Crippen MR) is 75.2 cm³/mol. The summed E-state index contributed by atoms with van der Waals surface area (Å²) in [5.41, 5.74) is 2.13. The lowest BCUT2D eigenvalue weighted by molar-refractivity contribution is 0.910. The van der Waals surface area contributed by atoms with Crippen molar-refractivity contribution in [2.24, 2.45) is 0 Å². The van der Waals surface area contributed by atoms with Gasteiger partial charge in [-0.05, 0) is 17.7 Å². The van der Waals surface area contributed by atoms with Gasteiger partial charge < -0.3 is 4.90 Å². The third-order valence-electron chi connectivity index (χ3n) is 2.34. The second-order valence-electron chi connectivity index (χ2n) is 3.74. The molecular weight excluding hydrogens is 275 g/mol. The summed E-state index contributed by atoms with van der Waals surface area (Å²) in [5, 5.41) is 3.73. The molecule has 2 nitrogen and oxygen atoms in total. The minimum Gasteiger partial charge on any atom is -0.347 e. The summed E-state index contributed by atoms with van der Waals surface area (Å²) in [6, 6.07) is 7.84. The van der Waals surface area contributed by atoms with E-state index in [4.69, 9.17) is 23.2 Å². The number of anilines is 1. The minimum absolute atomic E-state index is 0.464. The van der Waals surface area contributed by atoms with Crippen LogP contribution in [0.5, 0.6) is 0 Å². The van der Waals surface area contributed by atoms with Crippen molar-refractivity contribution in [1.82, 2.24) is 4.98 Å². The van der Waals surface area contributed by atoms with Crippen molar-refractivity contribution in [2.45, 2.75) is 12.4 Å². The number of aromatic nitrogens is 1. The minimum atomic E-state index is 0.464. The maximum absolute atomic E-state index is 5.85. The van der Waals surface area contributed by atoms with Crippen LogP contribution in [0.2, 0.25) is 5.02 Å². The Morgan fingerprint density at radius 2 is 2.00 bits per heavy atom. The summed E-state index contributed by atoms with van der Waals surface area (Å²) in [4.78, 5) is 6.53. The molecule has 1 aromatic heterocycles. The number of hydrogen-bond donors (Lipinski definition) is 0. The number of thiazole rings is 1. The van der Waals surface area contributed by atoms with Crippen molar-refractivity contribution >= 4 is 39.7 Å². The van der Waals surface area contributed by atoms with E-state index >= 15 is 0 Å². The SMILES string of the molecule is CN(Cc1ccc(Cl)cc1)c1nc(CCl)cs1. The smallest absolute Gasteiger partial charge is 0.185 e. The lowest BCUT2D eigenvalue weighted by Crippen LogP contribution is -2.16. The molecule has 1 aromatic carbocycles. The molecule has 0 amide bonds. The quantitative estimate of drug-likeness (QED) is 0.784. The third-order valence-corrected chi connectivity index (χ3v) is 3.87. The molecule has 0 spiro atoms. The second-order valence-corrected chi connectivity index (χ2v) is 5.28. The highest BCUT2D eigenvalue weighted by molar-refractivity contribution is 7.13. The van der Waals surface area contributed by atoms with Crippen LogP contribution in [0.3, 0.4) is 0 Å². The highest BCUT2D eigenvalue weighted by atomic mass is 35.5. The molecule has 0 unspecified atom stereocenters. The largest absolute Gasteiger partial charge is 0.347 e. The Morgan fingerprint density at radius 1 is 1.29 bits per heavy atom. The second kappa shape index (κ2) is 5.71. The predicted octanol–water partition coefficient (Wildman–Crippen LogP) is 4.17. The first-order chi connectivity index (χ1) is 8.19. The lowest BCUT2D eigenvalue weighted by atomic mass is 10.2. The summed E-state index contributed by atoms with van der Waals surface area (Å²) >= 11 is 13.2. The molecule has 0 saturated carbocycles. The van der Waals surface area contributed by atoms with Crippen LogP contribution < -0.4 is 4.90 Å². The number of hydrogen-bond acceptors (Lipinski definition) is 3. The molecule has 0 N–H and O–H groups in total. The van der Waals surface area contributed by atoms with Gasteiger partial charge in [0.05, 0.1) is 11.6 Å². The van der Waals surface area contributed by atoms with Crippen LogP contribution in [0, 0.1) is 0 Å². The highest BCUT2D eigenvalue weighted by Gasteiger charge is 2.07. The van der Waals surface area contributed by atoms with Gasteiger partial charge in [-0.1, -0.05) is 23.7 Å². The molecule has 0 radical (unpaired) electrons. The molecule has 0 aliphatic carbocycles. The van der Waals surface area contributed by atoms with Crippen molar-refractivity contribution in [3.05, 3.63) is 45.9 Å². The zero-order valence-electron chi connectivity index (χ0n) is 9.36. The zero-order valence-corrected chi connectivity index (χ0v) is 11.7. The first kappa shape index (κ1) is 12.7. The van der Waals surface area contributed by atoms with Crippen LogP contribution in [0.1, 0.15) is 11.3 Å². The average Bonchev–Trinajstić information content (AvgIpc) is 2.81. The van der Waals surface area contributed by atoms with E-state index in [1.807, 2.05) is 36.7 Å². The van der Waals surface area contributed by atoms with E-state index in [1.165, 1.54) is 5.56 Å². The highest BCUT2D eigenvalue weighted by Crippen LogP contribution is 2.22. The number of alkyl halides is 1. The molecule has 2 aromatic rings. The van der Waals surface area contributed by atoms with Gasteiger partial charge in [0.2, 0.25) is 0 Å². The van der Waals surface area contributed by atoms with Crippen molar-refractivity contribution < 1.29 is 0 Å². The van der Waals surface area contributed by atoms with Gasteiger partial charge >= 0.3 is 0 Å². The van der Waals surface area contributed by atoms with Crippen LogP contribution >= 0.6 is 34.5 Å². The fourth-order valence-corrected chi connectivity index (χ4v) is 2.61.